The van der Waals surface area contributed by atoms with Crippen molar-refractivity contribution < 1.29 is 4.92 Å². The monoisotopic (exact) mass is 271 g/mol. The molecule has 20 heavy (non-hydrogen) atoms. The third-order valence-corrected chi connectivity index (χ3v) is 3.13. The van der Waals surface area contributed by atoms with Crippen LogP contribution in [-0.2, 0) is 0 Å². The molecule has 2 aromatic rings. The molecule has 2 rings (SSSR count). The van der Waals surface area contributed by atoms with Crippen LogP contribution in [-0.4, -0.2) is 9.91 Å². The molecule has 0 saturated carbocycles. The molecule has 0 saturated heterocycles. The highest BCUT2D eigenvalue weighted by Gasteiger charge is 2.17. The Hall–Kier alpha value is -2.43. The van der Waals surface area contributed by atoms with Gasteiger partial charge in [0.2, 0.25) is 5.82 Å². The lowest BCUT2D eigenvalue weighted by Gasteiger charge is -2.15. The van der Waals surface area contributed by atoms with Gasteiger partial charge in [-0.15, -0.1) is 0 Å². The molecule has 1 atom stereocenters. The third-order valence-electron chi connectivity index (χ3n) is 3.13. The van der Waals surface area contributed by atoms with Crippen LogP contribution >= 0.6 is 0 Å². The van der Waals surface area contributed by atoms with Crippen LogP contribution in [0.4, 0.5) is 11.5 Å². The van der Waals surface area contributed by atoms with Crippen molar-refractivity contribution in [2.75, 3.05) is 5.32 Å². The van der Waals surface area contributed by atoms with Gasteiger partial charge in [0, 0.05) is 12.3 Å². The minimum absolute atomic E-state index is 0.00367. The van der Waals surface area contributed by atoms with E-state index < -0.39 is 4.92 Å². The number of nitro groups is 1. The van der Waals surface area contributed by atoms with Crippen molar-refractivity contribution in [3.63, 3.8) is 0 Å². The molecule has 0 fully saturated rings. The lowest BCUT2D eigenvalue weighted by Crippen LogP contribution is -2.10. The van der Waals surface area contributed by atoms with E-state index in [0.717, 1.165) is 11.1 Å². The molecule has 0 aliphatic heterocycles. The Balaban J connectivity index is 2.25. The van der Waals surface area contributed by atoms with E-state index in [9.17, 15) is 10.1 Å². The highest BCUT2D eigenvalue weighted by molar-refractivity contribution is 5.57. The van der Waals surface area contributed by atoms with Crippen LogP contribution < -0.4 is 5.32 Å². The summed E-state index contributed by atoms with van der Waals surface area (Å²) in [6.07, 6.45) is 1.62. The summed E-state index contributed by atoms with van der Waals surface area (Å²) in [6, 6.07) is 9.52. The Morgan fingerprint density at radius 1 is 1.20 bits per heavy atom. The van der Waals surface area contributed by atoms with Gasteiger partial charge in [-0.2, -0.15) is 0 Å². The molecule has 0 amide bonds. The van der Waals surface area contributed by atoms with Gasteiger partial charge in [0.05, 0.1) is 11.0 Å². The lowest BCUT2D eigenvalue weighted by molar-refractivity contribution is -0.384. The third kappa shape index (κ3) is 3.12. The Kier molecular flexibility index (Phi) is 3.98. The fourth-order valence-electron chi connectivity index (χ4n) is 1.95. The molecule has 0 aliphatic rings. The second-order valence-corrected chi connectivity index (χ2v) is 4.91. The Morgan fingerprint density at radius 3 is 2.45 bits per heavy atom. The van der Waals surface area contributed by atoms with Gasteiger partial charge in [-0.25, -0.2) is 4.98 Å². The first-order valence-corrected chi connectivity index (χ1v) is 6.41. The summed E-state index contributed by atoms with van der Waals surface area (Å²) in [5.41, 5.74) is 3.02. The number of aromatic nitrogens is 1. The molecule has 1 heterocycles. The predicted molar refractivity (Wildman–Crippen MR) is 78.8 cm³/mol. The fourth-order valence-corrected chi connectivity index (χ4v) is 1.95. The smallest absolute Gasteiger partial charge is 0.311 e. The number of nitrogens with one attached hydrogen (secondary N) is 1. The Morgan fingerprint density at radius 2 is 1.85 bits per heavy atom. The van der Waals surface area contributed by atoms with Crippen molar-refractivity contribution in [1.82, 2.24) is 4.98 Å². The molecular formula is C15H17N3O2. The van der Waals surface area contributed by atoms with Crippen molar-refractivity contribution in [2.24, 2.45) is 0 Å². The van der Waals surface area contributed by atoms with Crippen LogP contribution in [0.15, 0.2) is 36.5 Å². The van der Waals surface area contributed by atoms with Crippen LogP contribution in [0.3, 0.4) is 0 Å². The van der Waals surface area contributed by atoms with Crippen LogP contribution in [0, 0.1) is 24.0 Å². The lowest BCUT2D eigenvalue weighted by atomic mass is 10.1. The average Bonchev–Trinajstić information content (AvgIpc) is 2.41. The van der Waals surface area contributed by atoms with Gasteiger partial charge >= 0.3 is 5.69 Å². The second kappa shape index (κ2) is 5.69. The number of aryl methyl sites for hydroxylation is 2. The number of hydrogen-bond acceptors (Lipinski definition) is 4. The molecule has 1 aromatic heterocycles. The summed E-state index contributed by atoms with van der Waals surface area (Å²) < 4.78 is 0. The van der Waals surface area contributed by atoms with E-state index in [1.807, 2.05) is 38.1 Å². The summed E-state index contributed by atoms with van der Waals surface area (Å²) in [4.78, 5) is 14.8. The highest BCUT2D eigenvalue weighted by Crippen LogP contribution is 2.26. The number of pyridine rings is 1. The first kappa shape index (κ1) is 14.0. The molecule has 1 aromatic carbocycles. The molecule has 0 aliphatic carbocycles. The topological polar surface area (TPSA) is 68.1 Å². The van der Waals surface area contributed by atoms with Crippen molar-refractivity contribution in [1.29, 1.82) is 0 Å². The van der Waals surface area contributed by atoms with Gasteiger partial charge in [0.25, 0.3) is 0 Å². The summed E-state index contributed by atoms with van der Waals surface area (Å²) in [7, 11) is 0. The molecule has 1 unspecified atom stereocenters. The number of rotatable bonds is 4. The van der Waals surface area contributed by atoms with Gasteiger partial charge in [0.1, 0.15) is 0 Å². The Labute approximate surface area is 117 Å². The van der Waals surface area contributed by atoms with Crippen LogP contribution in [0.2, 0.25) is 0 Å². The molecular weight excluding hydrogens is 254 g/mol. The molecule has 0 bridgehead atoms. The van der Waals surface area contributed by atoms with Gasteiger partial charge in [0.15, 0.2) is 0 Å². The van der Waals surface area contributed by atoms with Crippen LogP contribution in [0.25, 0.3) is 0 Å². The standard InChI is InChI=1S/C15H17N3O2/c1-10-4-6-13(7-5-10)12(3)17-15-14(18(19)20)8-11(2)9-16-15/h4-9,12H,1-3H3,(H,16,17). The molecule has 104 valence electrons. The maximum absolute atomic E-state index is 11.1. The minimum atomic E-state index is -0.413. The summed E-state index contributed by atoms with van der Waals surface area (Å²) in [5, 5.41) is 14.2. The van der Waals surface area contributed by atoms with Crippen molar-refractivity contribution >= 4 is 11.5 Å². The van der Waals surface area contributed by atoms with E-state index >= 15 is 0 Å². The zero-order valence-corrected chi connectivity index (χ0v) is 11.8. The van der Waals surface area contributed by atoms with Crippen LogP contribution in [0.5, 0.6) is 0 Å². The normalized spacial score (nSPS) is 11.9. The average molecular weight is 271 g/mol. The minimum Gasteiger partial charge on any atom is -0.358 e. The Bertz CT molecular complexity index is 624. The van der Waals surface area contributed by atoms with E-state index in [4.69, 9.17) is 0 Å². The van der Waals surface area contributed by atoms with Crippen molar-refractivity contribution in [2.45, 2.75) is 26.8 Å². The summed E-state index contributed by atoms with van der Waals surface area (Å²) in [6.45, 7) is 5.76. The van der Waals surface area contributed by atoms with E-state index in [1.54, 1.807) is 13.1 Å². The van der Waals surface area contributed by atoms with E-state index in [1.165, 1.54) is 11.6 Å². The number of benzene rings is 1. The van der Waals surface area contributed by atoms with E-state index in [2.05, 4.69) is 10.3 Å². The predicted octanol–water partition coefficient (Wildman–Crippen LogP) is 3.78. The van der Waals surface area contributed by atoms with Crippen molar-refractivity contribution in [3.8, 4) is 0 Å². The zero-order chi connectivity index (χ0) is 14.7. The molecule has 5 nitrogen and oxygen atoms in total. The van der Waals surface area contributed by atoms with E-state index in [-0.39, 0.29) is 11.7 Å². The number of hydrogen-bond donors (Lipinski definition) is 1. The van der Waals surface area contributed by atoms with Crippen LogP contribution in [0.1, 0.15) is 29.7 Å². The fraction of sp³-hybridized carbons (Fsp3) is 0.267. The molecule has 1 N–H and O–H groups in total. The van der Waals surface area contributed by atoms with Gasteiger partial charge in [-0.05, 0) is 31.9 Å². The number of anilines is 1. The van der Waals surface area contributed by atoms with Gasteiger partial charge < -0.3 is 5.32 Å². The zero-order valence-electron chi connectivity index (χ0n) is 11.8. The highest BCUT2D eigenvalue weighted by atomic mass is 16.6. The van der Waals surface area contributed by atoms with E-state index in [0.29, 0.717) is 5.82 Å². The summed E-state index contributed by atoms with van der Waals surface area (Å²) in [5.74, 6) is 0.300. The SMILES string of the molecule is Cc1ccc(C(C)Nc2ncc(C)cc2[N+](=O)[O-])cc1. The maximum Gasteiger partial charge on any atom is 0.311 e. The maximum atomic E-state index is 11.1. The van der Waals surface area contributed by atoms with Gasteiger partial charge in [-0.1, -0.05) is 29.8 Å². The first-order chi connectivity index (χ1) is 9.47. The molecule has 0 spiro atoms. The molecule has 5 heteroatoms. The largest absolute Gasteiger partial charge is 0.358 e. The number of nitrogens with zero attached hydrogens (tertiary/aromatic N) is 2. The quantitative estimate of drug-likeness (QED) is 0.678. The second-order valence-electron chi connectivity index (χ2n) is 4.91. The van der Waals surface area contributed by atoms with Gasteiger partial charge in [-0.3, -0.25) is 10.1 Å². The van der Waals surface area contributed by atoms with Crippen molar-refractivity contribution in [3.05, 3.63) is 63.3 Å². The summed E-state index contributed by atoms with van der Waals surface area (Å²) >= 11 is 0. The first-order valence-electron chi connectivity index (χ1n) is 6.41. The molecule has 0 radical (unpaired) electrons.